The highest BCUT2D eigenvalue weighted by molar-refractivity contribution is 5.86. The van der Waals surface area contributed by atoms with Crippen LogP contribution in [0.2, 0.25) is 0 Å². The van der Waals surface area contributed by atoms with Crippen molar-refractivity contribution in [2.24, 2.45) is 60.1 Å². The molecular weight excluding hydrogens is 1910 g/mol. The lowest BCUT2D eigenvalue weighted by Crippen LogP contribution is -2.49. The molecular formula is C94H149F21O24. The summed E-state index contributed by atoms with van der Waals surface area (Å²) in [4.78, 5) is 150. The fourth-order valence-electron chi connectivity index (χ4n) is 14.0. The number of ether oxygens (including phenoxy) is 12. The smallest absolute Gasteiger partial charge is 0.434 e. The molecule has 0 aliphatic heterocycles. The fraction of sp³-hybridized carbons (Fsp3) is 0.872. The summed E-state index contributed by atoms with van der Waals surface area (Å²) in [6.07, 6.45) is -40.6. The summed E-state index contributed by atoms with van der Waals surface area (Å²) in [5, 5.41) is 0. The Kier molecular flexibility index (Phi) is 50.2. The molecule has 0 N–H and O–H groups in total. The molecule has 24 nitrogen and oxygen atoms in total. The molecule has 0 heterocycles. The Morgan fingerprint density at radius 3 is 0.921 bits per heavy atom. The molecule has 139 heavy (non-hydrogen) atoms. The van der Waals surface area contributed by atoms with Gasteiger partial charge in [-0.15, -0.1) is 0 Å². The molecule has 7 unspecified atom stereocenters. The Hall–Kier alpha value is -7.83. The number of rotatable bonds is 43. The minimum Gasteiger partial charge on any atom is -0.459 e. The van der Waals surface area contributed by atoms with Crippen LogP contribution in [0.1, 0.15) is 350 Å². The number of esters is 12. The van der Waals surface area contributed by atoms with Gasteiger partial charge in [0.15, 0.2) is 38.6 Å². The first-order valence-electron chi connectivity index (χ1n) is 45.6. The third-order valence-electron chi connectivity index (χ3n) is 25.1. The van der Waals surface area contributed by atoms with Crippen molar-refractivity contribution in [3.05, 3.63) is 0 Å². The summed E-state index contributed by atoms with van der Waals surface area (Å²) in [5.41, 5.74) is -14.8. The molecule has 45 heteroatoms. The molecule has 0 saturated heterocycles. The van der Waals surface area contributed by atoms with Crippen LogP contribution in [0, 0.1) is 60.1 Å². The molecule has 1 saturated carbocycles. The predicted molar refractivity (Wildman–Crippen MR) is 463 cm³/mol. The van der Waals surface area contributed by atoms with Crippen LogP contribution in [0.5, 0.6) is 0 Å². The van der Waals surface area contributed by atoms with Gasteiger partial charge in [0, 0.05) is 5.41 Å². The Morgan fingerprint density at radius 1 is 0.309 bits per heavy atom. The van der Waals surface area contributed by atoms with Gasteiger partial charge in [-0.2, -0.15) is 92.2 Å². The quantitative estimate of drug-likeness (QED) is 0.0311. The summed E-state index contributed by atoms with van der Waals surface area (Å²) in [5.74, 6) is -13.0. The maximum Gasteiger partial charge on any atom is 0.434 e. The van der Waals surface area contributed by atoms with Gasteiger partial charge in [0.25, 0.3) is 12.2 Å². The van der Waals surface area contributed by atoms with Gasteiger partial charge in [-0.05, 0) is 254 Å². The lowest BCUT2D eigenvalue weighted by Gasteiger charge is -2.44. The molecule has 0 spiro atoms. The zero-order valence-electron chi connectivity index (χ0n) is 86.1. The molecule has 1 rings (SSSR count). The van der Waals surface area contributed by atoms with Gasteiger partial charge >= 0.3 is 115 Å². The summed E-state index contributed by atoms with van der Waals surface area (Å²) in [6, 6.07) is 0. The van der Waals surface area contributed by atoms with Crippen LogP contribution in [0.4, 0.5) is 92.2 Å². The summed E-state index contributed by atoms with van der Waals surface area (Å²) in [7, 11) is 0. The van der Waals surface area contributed by atoms with Gasteiger partial charge in [0.2, 0.25) is 0 Å². The average molecular weight is 2060 g/mol. The van der Waals surface area contributed by atoms with Crippen molar-refractivity contribution >= 4 is 71.6 Å². The first-order valence-corrected chi connectivity index (χ1v) is 45.6. The Labute approximate surface area is 801 Å². The SMILES string of the molecule is CCC(C)(CC(C)(C)C(=O)OCC(=O)OC(C(F)(F)F)C(F)(F)F)C(=O)OC(C)C(F)(F)F.CCC(C)(CC(C)(C)C(=O)OCC(=O)OC(C(F)(F)F)C(F)(F)F)C(=O)OCC(F)(F)F.CCC(C)(CC(C)(C)C(=O)OCC(=O)OC(C)C(F)(F)F)C(=O)OC(C)(C)C(C)(C)C.CCCCC(C)(C)OC(=O)C(C)(C)CC(C)(CC(C)(CC)C(=O)OC1(CC)CCCCCCC1)C(=O)OC(C)(C)C(C)C. The molecule has 0 bridgehead atoms. The Morgan fingerprint density at radius 2 is 0.612 bits per heavy atom. The first-order chi connectivity index (χ1) is 61.7. The van der Waals surface area contributed by atoms with Gasteiger partial charge in [0.1, 0.15) is 22.4 Å². The van der Waals surface area contributed by atoms with Crippen LogP contribution in [0.3, 0.4) is 0 Å². The molecule has 816 valence electrons. The number of hydrogen-bond acceptors (Lipinski definition) is 24. The van der Waals surface area contributed by atoms with E-state index in [4.69, 9.17) is 23.7 Å². The average Bonchev–Trinajstić information content (AvgIpc) is 0.763. The lowest BCUT2D eigenvalue weighted by molar-refractivity contribution is -0.314. The largest absolute Gasteiger partial charge is 0.459 e. The van der Waals surface area contributed by atoms with Crippen molar-refractivity contribution in [1.82, 2.24) is 0 Å². The highest BCUT2D eigenvalue weighted by atomic mass is 19.4. The van der Waals surface area contributed by atoms with E-state index in [1.165, 1.54) is 60.8 Å². The van der Waals surface area contributed by atoms with E-state index in [9.17, 15) is 150 Å². The summed E-state index contributed by atoms with van der Waals surface area (Å²) >= 11 is 0. The topological polar surface area (TPSA) is 316 Å². The van der Waals surface area contributed by atoms with E-state index in [-0.39, 0.29) is 61.3 Å². The maximum absolute atomic E-state index is 14.2. The third-order valence-corrected chi connectivity index (χ3v) is 25.1. The van der Waals surface area contributed by atoms with E-state index < -0.39 is 232 Å². The Balaban J connectivity index is -0.00000179. The highest BCUT2D eigenvalue weighted by Crippen LogP contribution is 2.51. The van der Waals surface area contributed by atoms with Crippen LogP contribution < -0.4 is 0 Å². The van der Waals surface area contributed by atoms with Crippen LogP contribution >= 0.6 is 0 Å². The van der Waals surface area contributed by atoms with Gasteiger partial charge in [-0.25, -0.2) is 14.4 Å². The van der Waals surface area contributed by atoms with Crippen molar-refractivity contribution in [3.8, 4) is 0 Å². The van der Waals surface area contributed by atoms with E-state index in [1.807, 2.05) is 111 Å². The van der Waals surface area contributed by atoms with E-state index >= 15 is 0 Å². The first kappa shape index (κ1) is 135. The van der Waals surface area contributed by atoms with Crippen molar-refractivity contribution in [2.75, 3.05) is 26.4 Å². The van der Waals surface area contributed by atoms with Crippen LogP contribution in [-0.4, -0.2) is 188 Å². The zero-order valence-corrected chi connectivity index (χ0v) is 86.1. The molecule has 0 radical (unpaired) electrons. The van der Waals surface area contributed by atoms with E-state index in [0.29, 0.717) is 26.7 Å². The molecule has 7 atom stereocenters. The summed E-state index contributed by atoms with van der Waals surface area (Å²) in [6.45, 7) is 46.4. The number of halogens is 21. The monoisotopic (exact) mass is 2060 g/mol. The van der Waals surface area contributed by atoms with E-state index in [1.54, 1.807) is 13.8 Å². The van der Waals surface area contributed by atoms with Crippen molar-refractivity contribution in [2.45, 2.75) is 440 Å². The number of carbonyl (C=O) groups is 12. The van der Waals surface area contributed by atoms with Gasteiger partial charge < -0.3 is 56.8 Å². The van der Waals surface area contributed by atoms with Gasteiger partial charge in [-0.3, -0.25) is 43.2 Å². The van der Waals surface area contributed by atoms with Gasteiger partial charge in [0.05, 0.1) is 48.7 Å². The third kappa shape index (κ3) is 45.8. The molecule has 1 fully saturated rings. The summed E-state index contributed by atoms with van der Waals surface area (Å²) < 4.78 is 318. The van der Waals surface area contributed by atoms with E-state index in [2.05, 4.69) is 47.0 Å². The van der Waals surface area contributed by atoms with Crippen LogP contribution in [-0.2, 0) is 114 Å². The van der Waals surface area contributed by atoms with Gasteiger partial charge in [-0.1, -0.05) is 102 Å². The van der Waals surface area contributed by atoms with E-state index in [0.717, 1.165) is 79.1 Å². The normalized spacial score (nSPS) is 16.9. The minimum atomic E-state index is -5.96. The number of hydrogen-bond donors (Lipinski definition) is 0. The van der Waals surface area contributed by atoms with Crippen LogP contribution in [0.15, 0.2) is 0 Å². The molecule has 0 aromatic heterocycles. The molecule has 1 aliphatic carbocycles. The van der Waals surface area contributed by atoms with Crippen molar-refractivity contribution < 1.29 is 207 Å². The van der Waals surface area contributed by atoms with Crippen molar-refractivity contribution in [3.63, 3.8) is 0 Å². The zero-order chi connectivity index (χ0) is 111. The minimum absolute atomic E-state index is 0.0579. The highest BCUT2D eigenvalue weighted by Gasteiger charge is 2.62. The number of unbranched alkanes of at least 4 members (excludes halogenated alkanes) is 1. The second-order valence-corrected chi connectivity index (χ2v) is 42.5. The number of alkyl halides is 21. The number of carbonyl (C=O) groups excluding carboxylic acids is 12. The predicted octanol–water partition coefficient (Wildman–Crippen LogP) is 24.8. The van der Waals surface area contributed by atoms with Crippen LogP contribution in [0.25, 0.3) is 0 Å². The Bertz CT molecular complexity index is 3940. The molecule has 0 amide bonds. The second-order valence-electron chi connectivity index (χ2n) is 42.5. The standard InChI is InChI=1S/C37H68O6.C22H37F3O6.C18H23F9O6.C17H21F9O6/c1-14-17-23-33(8,9)41-29(38)32(6,7)26-36(13,31(40)42-34(10,11)28(4)5)27-35(12,15-2)30(39)43-37(16-3)24-21-19-18-20-22-25-37;1-11-21(10,17(28)31-20(8,9)18(3,4)5)13-19(6,7)16(27)29-12-15(26)30-14(2)22(23,24)25;1-6-15(5,13(30)32-9(2)16(19,20)21)8-14(3,4)12(29)31-7-10(28)33-11(17(22,23)24)18(25,26)27;1-5-14(4,12(29)31-8-15(18,19)20)7-13(2,3)11(28)30-6-9(27)32-10(16(21,22)23)17(24,25)26/h28H,14-27H2,1-13H3;14H,11-13H2,1-10H3;9,11H,6-8H2,1-5H3;10H,5-8H2,1-4H3. The maximum atomic E-state index is 14.2. The molecule has 0 aromatic carbocycles. The van der Waals surface area contributed by atoms with Crippen molar-refractivity contribution in [1.29, 1.82) is 0 Å². The molecule has 0 aromatic rings. The second kappa shape index (κ2) is 51.6. The lowest BCUT2D eigenvalue weighted by atomic mass is 9.65. The fourth-order valence-corrected chi connectivity index (χ4v) is 14.0. The molecule has 1 aliphatic rings.